The van der Waals surface area contributed by atoms with E-state index in [0.29, 0.717) is 34.5 Å². The molecule has 1 unspecified atom stereocenters. The lowest BCUT2D eigenvalue weighted by Gasteiger charge is -2.15. The number of nitrogens with zero attached hydrogens (tertiary/aromatic N) is 1. The summed E-state index contributed by atoms with van der Waals surface area (Å²) >= 11 is 6.08. The highest BCUT2D eigenvalue weighted by Crippen LogP contribution is 2.28. The SMILES string of the molecule is COc1ccc(OC)c(NC(N)=NCC(C)Oc2ccccc2Cl)c1.I. The lowest BCUT2D eigenvalue weighted by atomic mass is 10.2. The predicted octanol–water partition coefficient (Wildman–Crippen LogP) is 4.17. The van der Waals surface area contributed by atoms with Crippen LogP contribution in [0.5, 0.6) is 17.2 Å². The van der Waals surface area contributed by atoms with E-state index in [9.17, 15) is 0 Å². The molecule has 2 rings (SSSR count). The van der Waals surface area contributed by atoms with Crippen LogP contribution in [0.1, 0.15) is 6.92 Å². The summed E-state index contributed by atoms with van der Waals surface area (Å²) in [4.78, 5) is 4.29. The molecule has 0 saturated carbocycles. The Hall–Kier alpha value is -1.87. The van der Waals surface area contributed by atoms with Crippen LogP contribution in [0.25, 0.3) is 0 Å². The van der Waals surface area contributed by atoms with Crippen LogP contribution in [0.3, 0.4) is 0 Å². The molecule has 0 aromatic heterocycles. The Morgan fingerprint density at radius 3 is 2.54 bits per heavy atom. The highest BCUT2D eigenvalue weighted by molar-refractivity contribution is 14.0. The van der Waals surface area contributed by atoms with Crippen LogP contribution in [-0.2, 0) is 0 Å². The van der Waals surface area contributed by atoms with Crippen molar-refractivity contribution in [3.8, 4) is 17.2 Å². The number of anilines is 1. The Kier molecular flexibility index (Phi) is 9.36. The molecule has 0 aliphatic carbocycles. The number of nitrogens with two attached hydrogens (primary N) is 1. The summed E-state index contributed by atoms with van der Waals surface area (Å²) in [6.07, 6.45) is -0.188. The number of benzene rings is 2. The van der Waals surface area contributed by atoms with Crippen molar-refractivity contribution in [3.05, 3.63) is 47.5 Å². The first-order chi connectivity index (χ1) is 12.0. The molecule has 0 spiro atoms. The van der Waals surface area contributed by atoms with Gasteiger partial charge in [-0.1, -0.05) is 23.7 Å². The third kappa shape index (κ3) is 6.45. The van der Waals surface area contributed by atoms with Gasteiger partial charge in [-0.3, -0.25) is 0 Å². The summed E-state index contributed by atoms with van der Waals surface area (Å²) in [5, 5.41) is 3.57. The minimum absolute atomic E-state index is 0. The van der Waals surface area contributed by atoms with Crippen molar-refractivity contribution in [2.45, 2.75) is 13.0 Å². The molecule has 0 heterocycles. The Bertz CT molecular complexity index is 743. The number of hydrogen-bond acceptors (Lipinski definition) is 4. The fourth-order valence-corrected chi connectivity index (χ4v) is 2.29. The number of para-hydroxylation sites is 1. The lowest BCUT2D eigenvalue weighted by Crippen LogP contribution is -2.26. The Balaban J connectivity index is 0.00000338. The van der Waals surface area contributed by atoms with Crippen molar-refractivity contribution in [1.82, 2.24) is 0 Å². The minimum Gasteiger partial charge on any atom is -0.497 e. The summed E-state index contributed by atoms with van der Waals surface area (Å²) in [5.74, 6) is 2.19. The summed E-state index contributed by atoms with van der Waals surface area (Å²) in [5.41, 5.74) is 6.62. The molecule has 0 bridgehead atoms. The molecule has 1 atom stereocenters. The average Bonchev–Trinajstić information content (AvgIpc) is 2.62. The molecule has 3 N–H and O–H groups in total. The smallest absolute Gasteiger partial charge is 0.193 e. The van der Waals surface area contributed by atoms with Gasteiger partial charge >= 0.3 is 0 Å². The van der Waals surface area contributed by atoms with E-state index in [1.807, 2.05) is 25.1 Å². The van der Waals surface area contributed by atoms with Gasteiger partial charge in [0, 0.05) is 6.07 Å². The maximum absolute atomic E-state index is 6.08. The third-order valence-electron chi connectivity index (χ3n) is 3.35. The quantitative estimate of drug-likeness (QED) is 0.345. The summed E-state index contributed by atoms with van der Waals surface area (Å²) in [7, 11) is 3.18. The molecule has 0 radical (unpaired) electrons. The first kappa shape index (κ1) is 22.2. The van der Waals surface area contributed by atoms with Crippen molar-refractivity contribution >= 4 is 47.2 Å². The standard InChI is InChI=1S/C18H22ClN3O3.HI/c1-12(25-16-7-5-4-6-14(16)19)11-21-18(20)22-15-10-13(23-2)8-9-17(15)24-3;/h4-10,12H,11H2,1-3H3,(H3,20,21,22);1H. The summed E-state index contributed by atoms with van der Waals surface area (Å²) in [6.45, 7) is 2.27. The Morgan fingerprint density at radius 1 is 1.15 bits per heavy atom. The molecule has 0 aliphatic heterocycles. The van der Waals surface area contributed by atoms with E-state index in [2.05, 4.69) is 10.3 Å². The molecule has 0 saturated heterocycles. The van der Waals surface area contributed by atoms with Gasteiger partial charge in [-0.05, 0) is 31.2 Å². The summed E-state index contributed by atoms with van der Waals surface area (Å²) in [6, 6.07) is 12.7. The van der Waals surface area contributed by atoms with Crippen LogP contribution in [0.2, 0.25) is 5.02 Å². The zero-order chi connectivity index (χ0) is 18.2. The molecule has 0 amide bonds. The molecular weight excluding hydrogens is 469 g/mol. The highest BCUT2D eigenvalue weighted by atomic mass is 127. The van der Waals surface area contributed by atoms with Gasteiger partial charge < -0.3 is 25.3 Å². The first-order valence-corrected chi connectivity index (χ1v) is 8.11. The number of aliphatic imine (C=N–C) groups is 1. The molecule has 26 heavy (non-hydrogen) atoms. The first-order valence-electron chi connectivity index (χ1n) is 7.73. The van der Waals surface area contributed by atoms with Crippen molar-refractivity contribution in [3.63, 3.8) is 0 Å². The topological polar surface area (TPSA) is 78.1 Å². The third-order valence-corrected chi connectivity index (χ3v) is 3.67. The number of rotatable bonds is 7. The van der Waals surface area contributed by atoms with E-state index in [1.165, 1.54) is 0 Å². The van der Waals surface area contributed by atoms with E-state index < -0.39 is 0 Å². The maximum Gasteiger partial charge on any atom is 0.193 e. The molecule has 0 fully saturated rings. The van der Waals surface area contributed by atoms with Crippen LogP contribution < -0.4 is 25.3 Å². The van der Waals surface area contributed by atoms with Crippen LogP contribution in [0.4, 0.5) is 5.69 Å². The fourth-order valence-electron chi connectivity index (χ4n) is 2.11. The van der Waals surface area contributed by atoms with Gasteiger partial charge in [0.1, 0.15) is 23.4 Å². The van der Waals surface area contributed by atoms with Gasteiger partial charge in [-0.15, -0.1) is 24.0 Å². The average molecular weight is 492 g/mol. The number of ether oxygens (including phenoxy) is 3. The second-order valence-electron chi connectivity index (χ2n) is 5.28. The van der Waals surface area contributed by atoms with Crippen LogP contribution in [0.15, 0.2) is 47.5 Å². The Labute approximate surface area is 175 Å². The molecule has 8 heteroatoms. The molecule has 2 aromatic rings. The zero-order valence-electron chi connectivity index (χ0n) is 14.9. The van der Waals surface area contributed by atoms with Crippen LogP contribution in [-0.4, -0.2) is 32.8 Å². The Morgan fingerprint density at radius 2 is 1.88 bits per heavy atom. The van der Waals surface area contributed by atoms with E-state index in [0.717, 1.165) is 0 Å². The number of methoxy groups -OCH3 is 2. The minimum atomic E-state index is -0.188. The van der Waals surface area contributed by atoms with Gasteiger partial charge in [0.15, 0.2) is 5.96 Å². The molecule has 6 nitrogen and oxygen atoms in total. The second kappa shape index (κ2) is 11.0. The van der Waals surface area contributed by atoms with Gasteiger partial charge in [-0.25, -0.2) is 4.99 Å². The number of guanidine groups is 1. The second-order valence-corrected chi connectivity index (χ2v) is 5.68. The van der Waals surface area contributed by atoms with E-state index in [1.54, 1.807) is 38.5 Å². The zero-order valence-corrected chi connectivity index (χ0v) is 17.9. The fraction of sp³-hybridized carbons (Fsp3) is 0.278. The number of hydrogen-bond donors (Lipinski definition) is 2. The number of nitrogens with one attached hydrogen (secondary N) is 1. The molecular formula is C18H23ClIN3O3. The highest BCUT2D eigenvalue weighted by Gasteiger charge is 2.08. The lowest BCUT2D eigenvalue weighted by molar-refractivity contribution is 0.230. The van der Waals surface area contributed by atoms with Crippen molar-refractivity contribution < 1.29 is 14.2 Å². The number of halogens is 2. The van der Waals surface area contributed by atoms with Gasteiger partial charge in [0.05, 0.1) is 31.5 Å². The van der Waals surface area contributed by atoms with Crippen molar-refractivity contribution in [2.24, 2.45) is 10.7 Å². The van der Waals surface area contributed by atoms with Crippen molar-refractivity contribution in [2.75, 3.05) is 26.1 Å². The largest absolute Gasteiger partial charge is 0.497 e. The van der Waals surface area contributed by atoms with Gasteiger partial charge in [0.25, 0.3) is 0 Å². The molecule has 0 aliphatic rings. The molecule has 2 aromatic carbocycles. The van der Waals surface area contributed by atoms with Gasteiger partial charge in [-0.2, -0.15) is 0 Å². The van der Waals surface area contributed by atoms with E-state index in [-0.39, 0.29) is 36.0 Å². The van der Waals surface area contributed by atoms with Crippen LogP contribution >= 0.6 is 35.6 Å². The van der Waals surface area contributed by atoms with Gasteiger partial charge in [0.2, 0.25) is 0 Å². The monoisotopic (exact) mass is 491 g/mol. The summed E-state index contributed by atoms with van der Waals surface area (Å²) < 4.78 is 16.3. The van der Waals surface area contributed by atoms with E-state index >= 15 is 0 Å². The maximum atomic E-state index is 6.08. The molecule has 142 valence electrons. The van der Waals surface area contributed by atoms with Crippen molar-refractivity contribution in [1.29, 1.82) is 0 Å². The predicted molar refractivity (Wildman–Crippen MR) is 117 cm³/mol. The normalized spacial score (nSPS) is 11.9. The van der Waals surface area contributed by atoms with E-state index in [4.69, 9.17) is 31.5 Å². The van der Waals surface area contributed by atoms with Crippen LogP contribution in [0, 0.1) is 0 Å².